The van der Waals surface area contributed by atoms with Gasteiger partial charge >= 0.3 is 0 Å². The summed E-state index contributed by atoms with van der Waals surface area (Å²) < 4.78 is 13.1. The minimum atomic E-state index is -0.171. The first-order chi connectivity index (χ1) is 8.52. The molecule has 0 atom stereocenters. The fraction of sp³-hybridized carbons (Fsp3) is 0.500. The molecule has 100 valence electrons. The lowest BCUT2D eigenvalue weighted by atomic mass is 10.1. The molecule has 0 amide bonds. The maximum Gasteiger partial charge on any atom is 0.191 e. The first-order valence-corrected chi connectivity index (χ1v) is 6.32. The van der Waals surface area contributed by atoms with Crippen LogP contribution in [0.1, 0.15) is 31.9 Å². The summed E-state index contributed by atoms with van der Waals surface area (Å²) in [5.41, 5.74) is 1.67. The molecule has 3 nitrogen and oxygen atoms in total. The van der Waals surface area contributed by atoms with Crippen LogP contribution in [0.3, 0.4) is 0 Å². The predicted octanol–water partition coefficient (Wildman–Crippen LogP) is 2.60. The van der Waals surface area contributed by atoms with Gasteiger partial charge in [-0.05, 0) is 44.9 Å². The maximum atomic E-state index is 13.1. The minimum Gasteiger partial charge on any atom is -0.357 e. The SMILES string of the molecule is CCNC(=NCc1ccc(F)c(C)c1)NC(C)C. The molecule has 0 saturated carbocycles. The van der Waals surface area contributed by atoms with Crippen molar-refractivity contribution < 1.29 is 4.39 Å². The summed E-state index contributed by atoms with van der Waals surface area (Å²) in [4.78, 5) is 4.47. The van der Waals surface area contributed by atoms with E-state index >= 15 is 0 Å². The molecule has 1 aromatic carbocycles. The smallest absolute Gasteiger partial charge is 0.191 e. The highest BCUT2D eigenvalue weighted by molar-refractivity contribution is 5.79. The van der Waals surface area contributed by atoms with Gasteiger partial charge in [-0.25, -0.2) is 9.38 Å². The predicted molar refractivity (Wildman–Crippen MR) is 74.2 cm³/mol. The average molecular weight is 251 g/mol. The van der Waals surface area contributed by atoms with Crippen molar-refractivity contribution in [1.82, 2.24) is 10.6 Å². The Morgan fingerprint density at radius 3 is 2.67 bits per heavy atom. The molecule has 0 radical (unpaired) electrons. The Balaban J connectivity index is 2.71. The van der Waals surface area contributed by atoms with Crippen molar-refractivity contribution in [1.29, 1.82) is 0 Å². The lowest BCUT2D eigenvalue weighted by molar-refractivity contribution is 0.617. The zero-order chi connectivity index (χ0) is 13.5. The summed E-state index contributed by atoms with van der Waals surface area (Å²) in [5, 5.41) is 6.42. The molecule has 0 heterocycles. The first-order valence-electron chi connectivity index (χ1n) is 6.32. The number of nitrogens with one attached hydrogen (secondary N) is 2. The van der Waals surface area contributed by atoms with Crippen molar-refractivity contribution in [3.8, 4) is 0 Å². The highest BCUT2D eigenvalue weighted by Gasteiger charge is 2.01. The van der Waals surface area contributed by atoms with E-state index in [9.17, 15) is 4.39 Å². The van der Waals surface area contributed by atoms with Crippen LogP contribution in [0.15, 0.2) is 23.2 Å². The van der Waals surface area contributed by atoms with Gasteiger partial charge in [-0.1, -0.05) is 12.1 Å². The standard InChI is InChI=1S/C14H22FN3/c1-5-16-14(18-10(2)3)17-9-12-6-7-13(15)11(4)8-12/h6-8,10H,5,9H2,1-4H3,(H2,16,17,18). The third kappa shape index (κ3) is 4.73. The summed E-state index contributed by atoms with van der Waals surface area (Å²) in [6, 6.07) is 5.42. The number of guanidine groups is 1. The molecule has 0 saturated heterocycles. The Kier molecular flexibility index (Phi) is 5.62. The van der Waals surface area contributed by atoms with E-state index in [0.29, 0.717) is 18.2 Å². The zero-order valence-electron chi connectivity index (χ0n) is 11.5. The number of hydrogen-bond acceptors (Lipinski definition) is 1. The molecule has 0 aromatic heterocycles. The van der Waals surface area contributed by atoms with Gasteiger partial charge in [0, 0.05) is 12.6 Å². The van der Waals surface area contributed by atoms with Gasteiger partial charge in [0.25, 0.3) is 0 Å². The van der Waals surface area contributed by atoms with Crippen LogP contribution in [0.5, 0.6) is 0 Å². The summed E-state index contributed by atoms with van der Waals surface area (Å²) in [5.74, 6) is 0.615. The topological polar surface area (TPSA) is 36.4 Å². The molecule has 0 spiro atoms. The molecule has 1 rings (SSSR count). The maximum absolute atomic E-state index is 13.1. The van der Waals surface area contributed by atoms with Crippen LogP contribution in [0.25, 0.3) is 0 Å². The second kappa shape index (κ2) is 6.99. The number of nitrogens with zero attached hydrogens (tertiary/aromatic N) is 1. The van der Waals surface area contributed by atoms with E-state index in [1.807, 2.05) is 13.0 Å². The lowest BCUT2D eigenvalue weighted by Gasteiger charge is -2.14. The normalized spacial score (nSPS) is 11.8. The number of benzene rings is 1. The van der Waals surface area contributed by atoms with E-state index in [2.05, 4.69) is 29.5 Å². The van der Waals surface area contributed by atoms with Crippen molar-refractivity contribution in [3.63, 3.8) is 0 Å². The Bertz CT molecular complexity index is 414. The van der Waals surface area contributed by atoms with Gasteiger partial charge in [0.1, 0.15) is 5.82 Å². The van der Waals surface area contributed by atoms with Crippen molar-refractivity contribution in [2.45, 2.75) is 40.3 Å². The van der Waals surface area contributed by atoms with Crippen LogP contribution >= 0.6 is 0 Å². The largest absolute Gasteiger partial charge is 0.357 e. The molecular weight excluding hydrogens is 229 g/mol. The molecule has 2 N–H and O–H groups in total. The lowest BCUT2D eigenvalue weighted by Crippen LogP contribution is -2.40. The van der Waals surface area contributed by atoms with Crippen LogP contribution in [0, 0.1) is 12.7 Å². The number of aryl methyl sites for hydroxylation is 1. The van der Waals surface area contributed by atoms with Gasteiger partial charge in [0.05, 0.1) is 6.54 Å². The number of aliphatic imine (C=N–C) groups is 1. The van der Waals surface area contributed by atoms with E-state index < -0.39 is 0 Å². The van der Waals surface area contributed by atoms with Crippen LogP contribution in [0.4, 0.5) is 4.39 Å². The molecule has 18 heavy (non-hydrogen) atoms. The van der Waals surface area contributed by atoms with Gasteiger partial charge in [-0.15, -0.1) is 0 Å². The van der Waals surface area contributed by atoms with Crippen LogP contribution in [-0.2, 0) is 6.54 Å². The number of hydrogen-bond donors (Lipinski definition) is 2. The second-order valence-electron chi connectivity index (χ2n) is 4.58. The monoisotopic (exact) mass is 251 g/mol. The molecule has 0 fully saturated rings. The quantitative estimate of drug-likeness (QED) is 0.637. The van der Waals surface area contributed by atoms with Crippen LogP contribution in [-0.4, -0.2) is 18.5 Å². The van der Waals surface area contributed by atoms with E-state index in [1.165, 1.54) is 6.07 Å². The molecule has 0 aliphatic rings. The Labute approximate surface area is 109 Å². The molecule has 0 aliphatic heterocycles. The van der Waals surface area contributed by atoms with E-state index in [-0.39, 0.29) is 5.82 Å². The minimum absolute atomic E-state index is 0.171. The van der Waals surface area contributed by atoms with Gasteiger partial charge in [-0.2, -0.15) is 0 Å². The van der Waals surface area contributed by atoms with Crippen molar-refractivity contribution in [2.24, 2.45) is 4.99 Å². The van der Waals surface area contributed by atoms with Crippen molar-refractivity contribution in [2.75, 3.05) is 6.54 Å². The molecule has 4 heteroatoms. The first kappa shape index (κ1) is 14.5. The fourth-order valence-corrected chi connectivity index (χ4v) is 1.57. The van der Waals surface area contributed by atoms with Crippen LogP contribution in [0.2, 0.25) is 0 Å². The van der Waals surface area contributed by atoms with E-state index in [0.717, 1.165) is 18.1 Å². The van der Waals surface area contributed by atoms with Gasteiger partial charge in [0.15, 0.2) is 5.96 Å². The Morgan fingerprint density at radius 1 is 1.39 bits per heavy atom. The van der Waals surface area contributed by atoms with E-state index in [4.69, 9.17) is 0 Å². The van der Waals surface area contributed by atoms with Gasteiger partial charge < -0.3 is 10.6 Å². The summed E-state index contributed by atoms with van der Waals surface area (Å²) in [7, 11) is 0. The van der Waals surface area contributed by atoms with Crippen LogP contribution < -0.4 is 10.6 Å². The fourth-order valence-electron chi connectivity index (χ4n) is 1.57. The third-order valence-electron chi connectivity index (χ3n) is 2.41. The summed E-state index contributed by atoms with van der Waals surface area (Å²) >= 11 is 0. The number of rotatable bonds is 4. The summed E-state index contributed by atoms with van der Waals surface area (Å²) in [6.45, 7) is 9.29. The number of halogens is 1. The summed E-state index contributed by atoms with van der Waals surface area (Å²) in [6.07, 6.45) is 0. The van der Waals surface area contributed by atoms with E-state index in [1.54, 1.807) is 13.0 Å². The molecular formula is C14H22FN3. The van der Waals surface area contributed by atoms with Crippen molar-refractivity contribution >= 4 is 5.96 Å². The third-order valence-corrected chi connectivity index (χ3v) is 2.41. The molecule has 0 aliphatic carbocycles. The molecule has 1 aromatic rings. The molecule has 0 unspecified atom stereocenters. The zero-order valence-corrected chi connectivity index (χ0v) is 11.5. The molecule has 0 bridgehead atoms. The Morgan fingerprint density at radius 2 is 2.11 bits per heavy atom. The van der Waals surface area contributed by atoms with Gasteiger partial charge in [-0.3, -0.25) is 0 Å². The Hall–Kier alpha value is -1.58. The highest BCUT2D eigenvalue weighted by Crippen LogP contribution is 2.09. The van der Waals surface area contributed by atoms with Gasteiger partial charge in [0.2, 0.25) is 0 Å². The highest BCUT2D eigenvalue weighted by atomic mass is 19.1. The second-order valence-corrected chi connectivity index (χ2v) is 4.58. The average Bonchev–Trinajstić information content (AvgIpc) is 2.30. The van der Waals surface area contributed by atoms with Crippen molar-refractivity contribution in [3.05, 3.63) is 35.1 Å².